The molecule has 0 spiro atoms. The number of ketones is 2. The second kappa shape index (κ2) is 14.6. The van der Waals surface area contributed by atoms with Crippen LogP contribution < -0.4 is 0 Å². The van der Waals surface area contributed by atoms with Gasteiger partial charge in [-0.1, -0.05) is 19.9 Å². The number of esters is 2. The number of hydrogen-bond donors (Lipinski definition) is 0. The largest absolute Gasteiger partial charge is 0.462 e. The van der Waals surface area contributed by atoms with Gasteiger partial charge in [0.05, 0.1) is 24.5 Å². The predicted octanol–water partition coefficient (Wildman–Crippen LogP) is 4.23. The van der Waals surface area contributed by atoms with Crippen molar-refractivity contribution >= 4 is 23.5 Å². The average Bonchev–Trinajstić information content (AvgIpc) is 3.62. The third-order valence-electron chi connectivity index (χ3n) is 12.6. The Hall–Kier alpha value is -2.18. The summed E-state index contributed by atoms with van der Waals surface area (Å²) in [5.74, 6) is -1.39. The summed E-state index contributed by atoms with van der Waals surface area (Å²) in [6.45, 7) is 7.13. The van der Waals surface area contributed by atoms with Crippen molar-refractivity contribution in [2.45, 2.75) is 128 Å². The van der Waals surface area contributed by atoms with Gasteiger partial charge in [-0.05, 0) is 80.6 Å². The van der Waals surface area contributed by atoms with E-state index in [0.29, 0.717) is 37.7 Å². The fraction of sp³-hybridized carbons (Fsp3) is 0.838. The lowest BCUT2D eigenvalue weighted by Gasteiger charge is -2.54. The molecule has 0 aromatic rings. The molecule has 48 heavy (non-hydrogen) atoms. The summed E-state index contributed by atoms with van der Waals surface area (Å²) in [7, 11) is 4.88. The Morgan fingerprint density at radius 3 is 2.27 bits per heavy atom. The highest BCUT2D eigenvalue weighted by molar-refractivity contribution is 5.99. The van der Waals surface area contributed by atoms with Gasteiger partial charge in [-0.15, -0.1) is 0 Å². The van der Waals surface area contributed by atoms with E-state index in [4.69, 9.17) is 33.2 Å². The van der Waals surface area contributed by atoms with Crippen molar-refractivity contribution in [3.8, 4) is 0 Å². The molecule has 6 rings (SSSR count). The van der Waals surface area contributed by atoms with E-state index in [1.807, 2.05) is 20.8 Å². The third kappa shape index (κ3) is 6.43. The first-order chi connectivity index (χ1) is 23.0. The number of methoxy groups -OCH3 is 3. The van der Waals surface area contributed by atoms with E-state index in [0.717, 1.165) is 12.8 Å². The number of Topliss-reactive ketones (excluding diaryl/α,β-unsaturated/α-hetero) is 2. The Labute approximate surface area is 284 Å². The summed E-state index contributed by atoms with van der Waals surface area (Å²) in [6.07, 6.45) is 3.65. The maximum Gasteiger partial charge on any atom is 0.306 e. The Morgan fingerprint density at radius 1 is 0.917 bits per heavy atom. The summed E-state index contributed by atoms with van der Waals surface area (Å²) in [4.78, 5) is 53.3. The second-order valence-electron chi connectivity index (χ2n) is 15.1. The number of hydrogen-bond acceptors (Lipinski definition) is 11. The minimum atomic E-state index is -0.653. The van der Waals surface area contributed by atoms with Crippen molar-refractivity contribution in [1.29, 1.82) is 0 Å². The molecule has 2 heterocycles. The van der Waals surface area contributed by atoms with Gasteiger partial charge < -0.3 is 33.2 Å². The van der Waals surface area contributed by atoms with E-state index in [2.05, 4.69) is 6.08 Å². The Balaban J connectivity index is 1.29. The van der Waals surface area contributed by atoms with Crippen molar-refractivity contribution in [1.82, 2.24) is 0 Å². The molecular formula is C37H54O11. The number of ether oxygens (including phenoxy) is 7. The van der Waals surface area contributed by atoms with Crippen LogP contribution in [0.1, 0.15) is 79.1 Å². The highest BCUT2D eigenvalue weighted by Crippen LogP contribution is 2.64. The van der Waals surface area contributed by atoms with Gasteiger partial charge in [0.2, 0.25) is 0 Å². The van der Waals surface area contributed by atoms with Gasteiger partial charge >= 0.3 is 11.9 Å². The minimum absolute atomic E-state index is 0.0497. The molecule has 2 saturated heterocycles. The first-order valence-electron chi connectivity index (χ1n) is 18.1. The van der Waals surface area contributed by atoms with Gasteiger partial charge in [0.15, 0.2) is 12.1 Å². The highest BCUT2D eigenvalue weighted by Gasteiger charge is 2.64. The van der Waals surface area contributed by atoms with E-state index in [9.17, 15) is 19.2 Å². The van der Waals surface area contributed by atoms with Gasteiger partial charge in [-0.2, -0.15) is 0 Å². The van der Waals surface area contributed by atoms with Crippen molar-refractivity contribution in [2.75, 3.05) is 21.3 Å². The van der Waals surface area contributed by atoms with Crippen LogP contribution >= 0.6 is 0 Å². The Bertz CT molecular complexity index is 1260. The van der Waals surface area contributed by atoms with Crippen LogP contribution in [0.2, 0.25) is 0 Å². The molecule has 5 fully saturated rings. The van der Waals surface area contributed by atoms with Gasteiger partial charge in [0.1, 0.15) is 36.3 Å². The number of carbonyl (C=O) groups excluding carboxylic acids is 4. The minimum Gasteiger partial charge on any atom is -0.462 e. The summed E-state index contributed by atoms with van der Waals surface area (Å²) >= 11 is 0. The molecule has 0 bridgehead atoms. The van der Waals surface area contributed by atoms with Crippen molar-refractivity contribution in [3.63, 3.8) is 0 Å². The molecule has 268 valence electrons. The molecule has 0 aromatic heterocycles. The van der Waals surface area contributed by atoms with Gasteiger partial charge in [-0.3, -0.25) is 19.2 Å². The van der Waals surface area contributed by atoms with Crippen molar-refractivity contribution in [3.05, 3.63) is 11.6 Å². The zero-order valence-electron chi connectivity index (χ0n) is 29.5. The van der Waals surface area contributed by atoms with Crippen LogP contribution in [-0.4, -0.2) is 93.9 Å². The molecule has 2 unspecified atom stereocenters. The van der Waals surface area contributed by atoms with Crippen LogP contribution in [0.25, 0.3) is 0 Å². The number of cyclic esters (lactones) is 1. The van der Waals surface area contributed by atoms with Crippen molar-refractivity contribution < 1.29 is 52.3 Å². The first-order valence-corrected chi connectivity index (χ1v) is 18.1. The van der Waals surface area contributed by atoms with Gasteiger partial charge in [0.25, 0.3) is 0 Å². The summed E-state index contributed by atoms with van der Waals surface area (Å²) in [6, 6.07) is 0. The van der Waals surface area contributed by atoms with Gasteiger partial charge in [0, 0.05) is 46.5 Å². The quantitative estimate of drug-likeness (QED) is 0.360. The van der Waals surface area contributed by atoms with E-state index in [1.165, 1.54) is 6.92 Å². The topological polar surface area (TPSA) is 133 Å². The molecule has 16 atom stereocenters. The molecule has 0 radical (unpaired) electrons. The molecule has 3 saturated carbocycles. The zero-order valence-corrected chi connectivity index (χ0v) is 29.5. The Kier molecular flexibility index (Phi) is 10.8. The van der Waals surface area contributed by atoms with Crippen LogP contribution in [0.15, 0.2) is 11.6 Å². The monoisotopic (exact) mass is 674 g/mol. The van der Waals surface area contributed by atoms with E-state index >= 15 is 0 Å². The summed E-state index contributed by atoms with van der Waals surface area (Å²) in [5.41, 5.74) is 0.598. The predicted molar refractivity (Wildman–Crippen MR) is 171 cm³/mol. The lowest BCUT2D eigenvalue weighted by Crippen LogP contribution is -2.59. The van der Waals surface area contributed by atoms with Crippen LogP contribution in [-0.2, 0) is 52.3 Å². The van der Waals surface area contributed by atoms with Crippen LogP contribution in [0.3, 0.4) is 0 Å². The molecule has 0 aromatic carbocycles. The number of fused-ring (bicyclic) bond motifs is 8. The molecule has 11 heteroatoms. The lowest BCUT2D eigenvalue weighted by molar-refractivity contribution is -0.314. The fourth-order valence-corrected chi connectivity index (χ4v) is 10.4. The number of rotatable bonds is 7. The summed E-state index contributed by atoms with van der Waals surface area (Å²) < 4.78 is 42.0. The Morgan fingerprint density at radius 2 is 1.62 bits per heavy atom. The number of carbonyl (C=O) groups is 4. The second-order valence-corrected chi connectivity index (χ2v) is 15.1. The number of allylic oxidation sites excluding steroid dienone is 2. The maximum absolute atomic E-state index is 14.3. The smallest absolute Gasteiger partial charge is 0.306 e. The SMILES string of the molecule is CC[C@H]1CCC[C@H](OC(C)=O)[C@@H](C)C(=O)C2=C[C@H]3[C@@H]4C[C@H](O[C@@H]5OC(C)[C@H](OC)C(OC)[C@@H]5OC)C[C@H]4[C@@H]4CC(=O)[C@@H]4[C@H]3[C@@H]2CC(=O)O1. The van der Waals surface area contributed by atoms with E-state index in [1.54, 1.807) is 21.3 Å². The molecule has 6 aliphatic rings. The molecule has 4 aliphatic carbocycles. The van der Waals surface area contributed by atoms with E-state index in [-0.39, 0.29) is 90.0 Å². The summed E-state index contributed by atoms with van der Waals surface area (Å²) in [5, 5.41) is 0. The molecular weight excluding hydrogens is 620 g/mol. The van der Waals surface area contributed by atoms with Gasteiger partial charge in [-0.25, -0.2) is 0 Å². The van der Waals surface area contributed by atoms with Crippen LogP contribution in [0, 0.1) is 47.3 Å². The van der Waals surface area contributed by atoms with Crippen LogP contribution in [0.4, 0.5) is 0 Å². The molecule has 11 nitrogen and oxygen atoms in total. The molecule has 0 amide bonds. The van der Waals surface area contributed by atoms with Crippen LogP contribution in [0.5, 0.6) is 0 Å². The molecule has 0 N–H and O–H groups in total. The zero-order chi connectivity index (χ0) is 34.4. The maximum atomic E-state index is 14.3. The lowest BCUT2D eigenvalue weighted by atomic mass is 9.49. The van der Waals surface area contributed by atoms with Crippen molar-refractivity contribution in [2.24, 2.45) is 47.3 Å². The first kappa shape index (κ1) is 35.6. The molecule has 2 aliphatic heterocycles. The third-order valence-corrected chi connectivity index (χ3v) is 12.6. The standard InChI is InChI=1S/C37H54O11/c1-8-20-10-9-11-29(46-19(4)38)17(2)33(41)27-14-24-22-12-21(48-37-36(44-7)35(43-6)34(42-5)18(3)45-37)13-23(22)25-15-28(39)32(25)31(24)26(27)16-30(40)47-20/h14,17-18,20-26,29,31-32,34-37H,8-13,15-16H2,1-7H3/t17-,18?,20+,21+,22-,23-,24+,25+,26-,29+,31-,32-,34+,35?,36+,37+/m1/s1. The highest BCUT2D eigenvalue weighted by atomic mass is 16.7. The average molecular weight is 675 g/mol. The fourth-order valence-electron chi connectivity index (χ4n) is 10.4. The van der Waals surface area contributed by atoms with E-state index < -0.39 is 36.3 Å². The normalized spacial score (nSPS) is 46.1.